The molecule has 118 valence electrons. The average Bonchev–Trinajstić information content (AvgIpc) is 2.98. The number of amidine groups is 1. The SMILES string of the molecule is Cc1cccc(C(=O)OCCN(C)C2=NCc3ccccc32)c1. The number of fused-ring (bicyclic) bond motifs is 1. The minimum atomic E-state index is -0.282. The zero-order valence-corrected chi connectivity index (χ0v) is 13.5. The first kappa shape index (κ1) is 15.3. The lowest BCUT2D eigenvalue weighted by Crippen LogP contribution is -2.30. The van der Waals surface area contributed by atoms with Gasteiger partial charge in [-0.1, -0.05) is 42.0 Å². The van der Waals surface area contributed by atoms with Crippen molar-refractivity contribution in [2.75, 3.05) is 20.2 Å². The van der Waals surface area contributed by atoms with Gasteiger partial charge in [-0.15, -0.1) is 0 Å². The summed E-state index contributed by atoms with van der Waals surface area (Å²) < 4.78 is 5.37. The Kier molecular flexibility index (Phi) is 4.42. The summed E-state index contributed by atoms with van der Waals surface area (Å²) in [5.74, 6) is 0.683. The Labute approximate surface area is 136 Å². The maximum atomic E-state index is 12.0. The molecule has 3 rings (SSSR count). The van der Waals surface area contributed by atoms with Crippen molar-refractivity contribution in [3.63, 3.8) is 0 Å². The minimum absolute atomic E-state index is 0.282. The maximum Gasteiger partial charge on any atom is 0.338 e. The maximum absolute atomic E-state index is 12.0. The third-order valence-corrected chi connectivity index (χ3v) is 3.93. The number of hydrogen-bond acceptors (Lipinski definition) is 4. The van der Waals surface area contributed by atoms with E-state index < -0.39 is 0 Å². The predicted octanol–water partition coefficient (Wildman–Crippen LogP) is 3.04. The molecule has 23 heavy (non-hydrogen) atoms. The number of likely N-dealkylation sites (N-methyl/N-ethyl adjacent to an activating group) is 1. The highest BCUT2D eigenvalue weighted by atomic mass is 16.5. The number of aryl methyl sites for hydroxylation is 1. The molecule has 0 aliphatic carbocycles. The Balaban J connectivity index is 1.54. The third kappa shape index (κ3) is 3.42. The van der Waals surface area contributed by atoms with E-state index in [4.69, 9.17) is 4.74 Å². The fourth-order valence-electron chi connectivity index (χ4n) is 2.68. The van der Waals surface area contributed by atoms with Crippen LogP contribution in [0.5, 0.6) is 0 Å². The van der Waals surface area contributed by atoms with Crippen LogP contribution in [-0.2, 0) is 11.3 Å². The van der Waals surface area contributed by atoms with Crippen LogP contribution in [0.25, 0.3) is 0 Å². The van der Waals surface area contributed by atoms with Crippen LogP contribution in [0, 0.1) is 6.92 Å². The first-order valence-corrected chi connectivity index (χ1v) is 7.73. The van der Waals surface area contributed by atoms with E-state index in [0.29, 0.717) is 18.7 Å². The van der Waals surface area contributed by atoms with Gasteiger partial charge in [0, 0.05) is 12.6 Å². The van der Waals surface area contributed by atoms with E-state index in [0.717, 1.165) is 17.9 Å². The van der Waals surface area contributed by atoms with Gasteiger partial charge < -0.3 is 9.64 Å². The molecule has 0 N–H and O–H groups in total. The Morgan fingerprint density at radius 3 is 2.87 bits per heavy atom. The van der Waals surface area contributed by atoms with E-state index in [1.807, 2.05) is 49.2 Å². The molecule has 2 aromatic carbocycles. The summed E-state index contributed by atoms with van der Waals surface area (Å²) in [6.07, 6.45) is 0. The van der Waals surface area contributed by atoms with Crippen LogP contribution in [0.1, 0.15) is 27.0 Å². The Morgan fingerprint density at radius 2 is 2.04 bits per heavy atom. The Morgan fingerprint density at radius 1 is 1.22 bits per heavy atom. The molecule has 4 heteroatoms. The van der Waals surface area contributed by atoms with Gasteiger partial charge in [-0.05, 0) is 24.6 Å². The fraction of sp³-hybridized carbons (Fsp3) is 0.263. The normalized spacial score (nSPS) is 12.5. The summed E-state index contributed by atoms with van der Waals surface area (Å²) in [4.78, 5) is 18.6. The van der Waals surface area contributed by atoms with E-state index in [-0.39, 0.29) is 5.97 Å². The van der Waals surface area contributed by atoms with Crippen molar-refractivity contribution >= 4 is 11.8 Å². The van der Waals surface area contributed by atoms with Crippen molar-refractivity contribution in [3.05, 3.63) is 70.8 Å². The van der Waals surface area contributed by atoms with Gasteiger partial charge in [-0.2, -0.15) is 0 Å². The number of ether oxygens (including phenoxy) is 1. The summed E-state index contributed by atoms with van der Waals surface area (Å²) in [5, 5.41) is 0. The summed E-state index contributed by atoms with van der Waals surface area (Å²) >= 11 is 0. The van der Waals surface area contributed by atoms with Crippen LogP contribution in [0.4, 0.5) is 0 Å². The zero-order valence-electron chi connectivity index (χ0n) is 13.5. The Hall–Kier alpha value is -2.62. The highest BCUT2D eigenvalue weighted by Gasteiger charge is 2.18. The summed E-state index contributed by atoms with van der Waals surface area (Å²) in [6, 6.07) is 15.7. The van der Waals surface area contributed by atoms with Crippen LogP contribution in [-0.4, -0.2) is 36.9 Å². The molecule has 0 spiro atoms. The number of carbonyl (C=O) groups excluding carboxylic acids is 1. The lowest BCUT2D eigenvalue weighted by molar-refractivity contribution is 0.0491. The van der Waals surface area contributed by atoms with Crippen molar-refractivity contribution in [2.24, 2.45) is 4.99 Å². The van der Waals surface area contributed by atoms with E-state index >= 15 is 0 Å². The number of hydrogen-bond donors (Lipinski definition) is 0. The van der Waals surface area contributed by atoms with Crippen molar-refractivity contribution < 1.29 is 9.53 Å². The zero-order chi connectivity index (χ0) is 16.2. The van der Waals surface area contributed by atoms with E-state index in [9.17, 15) is 4.79 Å². The first-order chi connectivity index (χ1) is 11.1. The van der Waals surface area contributed by atoms with Gasteiger partial charge in [0.15, 0.2) is 0 Å². The van der Waals surface area contributed by atoms with Crippen molar-refractivity contribution in [3.8, 4) is 0 Å². The standard InChI is InChI=1S/C19H20N2O2/c1-14-6-5-8-15(12-14)19(22)23-11-10-21(2)18-17-9-4-3-7-16(17)13-20-18/h3-9,12H,10-11,13H2,1-2H3. The molecule has 0 amide bonds. The van der Waals surface area contributed by atoms with Crippen LogP contribution >= 0.6 is 0 Å². The van der Waals surface area contributed by atoms with E-state index in [1.165, 1.54) is 11.1 Å². The topological polar surface area (TPSA) is 41.9 Å². The number of benzene rings is 2. The molecule has 0 saturated carbocycles. The molecule has 0 radical (unpaired) electrons. The van der Waals surface area contributed by atoms with E-state index in [1.54, 1.807) is 6.07 Å². The molecule has 4 nitrogen and oxygen atoms in total. The molecule has 0 fully saturated rings. The predicted molar refractivity (Wildman–Crippen MR) is 90.8 cm³/mol. The highest BCUT2D eigenvalue weighted by molar-refractivity contribution is 6.01. The van der Waals surface area contributed by atoms with Crippen molar-refractivity contribution in [2.45, 2.75) is 13.5 Å². The van der Waals surface area contributed by atoms with Gasteiger partial charge >= 0.3 is 5.97 Å². The number of nitrogens with zero attached hydrogens (tertiary/aromatic N) is 2. The van der Waals surface area contributed by atoms with Crippen molar-refractivity contribution in [1.29, 1.82) is 0 Å². The molecule has 2 aromatic rings. The molecule has 0 unspecified atom stereocenters. The van der Waals surface area contributed by atoms with Gasteiger partial charge in [-0.25, -0.2) is 4.79 Å². The molecule has 1 heterocycles. The molecule has 1 aliphatic heterocycles. The van der Waals surface area contributed by atoms with Crippen LogP contribution in [0.2, 0.25) is 0 Å². The van der Waals surface area contributed by atoms with Gasteiger partial charge in [-0.3, -0.25) is 4.99 Å². The molecule has 0 atom stereocenters. The molecular formula is C19H20N2O2. The summed E-state index contributed by atoms with van der Waals surface area (Å²) in [6.45, 7) is 3.63. The Bertz CT molecular complexity index is 753. The van der Waals surface area contributed by atoms with Crippen LogP contribution in [0.15, 0.2) is 53.5 Å². The number of carbonyl (C=O) groups is 1. The first-order valence-electron chi connectivity index (χ1n) is 7.73. The second-order valence-corrected chi connectivity index (χ2v) is 5.72. The molecular weight excluding hydrogens is 288 g/mol. The van der Waals surface area contributed by atoms with Gasteiger partial charge in [0.1, 0.15) is 12.4 Å². The largest absolute Gasteiger partial charge is 0.460 e. The number of aliphatic imine (C=N–C) groups is 1. The molecule has 0 bridgehead atoms. The van der Waals surface area contributed by atoms with Gasteiger partial charge in [0.25, 0.3) is 0 Å². The van der Waals surface area contributed by atoms with Gasteiger partial charge in [0.2, 0.25) is 0 Å². The number of rotatable bonds is 4. The van der Waals surface area contributed by atoms with Crippen LogP contribution in [0.3, 0.4) is 0 Å². The minimum Gasteiger partial charge on any atom is -0.460 e. The fourth-order valence-corrected chi connectivity index (χ4v) is 2.68. The lowest BCUT2D eigenvalue weighted by Gasteiger charge is -2.19. The summed E-state index contributed by atoms with van der Waals surface area (Å²) in [7, 11) is 1.97. The second-order valence-electron chi connectivity index (χ2n) is 5.72. The van der Waals surface area contributed by atoms with Crippen LogP contribution < -0.4 is 0 Å². The molecule has 0 aromatic heterocycles. The number of esters is 1. The lowest BCUT2D eigenvalue weighted by atomic mass is 10.1. The quantitative estimate of drug-likeness (QED) is 0.815. The molecule has 0 saturated heterocycles. The average molecular weight is 308 g/mol. The van der Waals surface area contributed by atoms with Gasteiger partial charge in [0.05, 0.1) is 18.7 Å². The monoisotopic (exact) mass is 308 g/mol. The van der Waals surface area contributed by atoms with Crippen molar-refractivity contribution in [1.82, 2.24) is 4.90 Å². The second kappa shape index (κ2) is 6.65. The smallest absolute Gasteiger partial charge is 0.338 e. The van der Waals surface area contributed by atoms with E-state index in [2.05, 4.69) is 17.1 Å². The third-order valence-electron chi connectivity index (χ3n) is 3.93. The molecule has 1 aliphatic rings. The summed E-state index contributed by atoms with van der Waals surface area (Å²) in [5.41, 5.74) is 4.05. The highest BCUT2D eigenvalue weighted by Crippen LogP contribution is 2.19.